The van der Waals surface area contributed by atoms with Crippen molar-refractivity contribution in [2.24, 2.45) is 0 Å². The quantitative estimate of drug-likeness (QED) is 0.666. The molecule has 0 N–H and O–H groups in total. The molecule has 0 aliphatic carbocycles. The second kappa shape index (κ2) is 8.95. The van der Waals surface area contributed by atoms with Crippen LogP contribution in [-0.2, 0) is 20.7 Å². The minimum absolute atomic E-state index is 0.176. The average molecular weight is 431 g/mol. The second-order valence-corrected chi connectivity index (χ2v) is 8.33. The highest BCUT2D eigenvalue weighted by Crippen LogP contribution is 2.28. The van der Waals surface area contributed by atoms with Crippen molar-refractivity contribution in [2.75, 3.05) is 20.8 Å². The van der Waals surface area contributed by atoms with Crippen molar-refractivity contribution in [1.82, 2.24) is 14.9 Å². The molecule has 9 heteroatoms. The Hall–Kier alpha value is -3.10. The fraction of sp³-hybridized carbons (Fsp3) is 0.545. The molecule has 1 aliphatic rings. The van der Waals surface area contributed by atoms with E-state index in [0.29, 0.717) is 29.3 Å². The lowest BCUT2D eigenvalue weighted by Gasteiger charge is -2.27. The summed E-state index contributed by atoms with van der Waals surface area (Å²) in [5, 5.41) is 0. The summed E-state index contributed by atoms with van der Waals surface area (Å²) in [6.45, 7) is 7.46. The minimum Gasteiger partial charge on any atom is -0.497 e. The van der Waals surface area contributed by atoms with Crippen LogP contribution in [0.1, 0.15) is 39.8 Å². The van der Waals surface area contributed by atoms with E-state index in [4.69, 9.17) is 18.9 Å². The largest absolute Gasteiger partial charge is 0.497 e. The van der Waals surface area contributed by atoms with Crippen LogP contribution in [0, 0.1) is 0 Å². The molecule has 0 bridgehead atoms. The van der Waals surface area contributed by atoms with Gasteiger partial charge in [0.05, 0.1) is 31.8 Å². The van der Waals surface area contributed by atoms with Crippen LogP contribution in [0.2, 0.25) is 0 Å². The number of methoxy groups -OCH3 is 2. The maximum Gasteiger partial charge on any atom is 0.411 e. The van der Waals surface area contributed by atoms with E-state index in [1.807, 2.05) is 19.1 Å². The van der Waals surface area contributed by atoms with Crippen molar-refractivity contribution in [3.05, 3.63) is 23.9 Å². The van der Waals surface area contributed by atoms with E-state index in [-0.39, 0.29) is 13.0 Å². The molecule has 0 spiro atoms. The van der Waals surface area contributed by atoms with Crippen LogP contribution in [-0.4, -0.2) is 65.4 Å². The normalized spacial score (nSPS) is 18.7. The number of nitrogens with zero attached hydrogens (tertiary/aromatic N) is 3. The Labute approximate surface area is 181 Å². The van der Waals surface area contributed by atoms with Gasteiger partial charge in [-0.1, -0.05) is 6.92 Å². The third-order valence-corrected chi connectivity index (χ3v) is 4.88. The van der Waals surface area contributed by atoms with E-state index in [1.54, 1.807) is 33.9 Å². The van der Waals surface area contributed by atoms with Crippen LogP contribution in [0.4, 0.5) is 4.79 Å². The Bertz CT molecular complexity index is 972. The number of aromatic nitrogens is 2. The molecule has 2 aromatic rings. The van der Waals surface area contributed by atoms with Crippen molar-refractivity contribution in [3.63, 3.8) is 0 Å². The molecule has 2 atom stereocenters. The molecule has 1 aromatic heterocycles. The number of carbonyl (C=O) groups is 2. The number of fused-ring (bicyclic) bond motifs is 1. The van der Waals surface area contributed by atoms with Gasteiger partial charge in [-0.3, -0.25) is 4.90 Å². The first-order valence-corrected chi connectivity index (χ1v) is 10.2. The van der Waals surface area contributed by atoms with Crippen LogP contribution in [0.15, 0.2) is 18.2 Å². The summed E-state index contributed by atoms with van der Waals surface area (Å²) in [5.41, 5.74) is 1.38. The Balaban J connectivity index is 1.86. The summed E-state index contributed by atoms with van der Waals surface area (Å²) < 4.78 is 21.8. The molecule has 0 radical (unpaired) electrons. The molecule has 1 aliphatic heterocycles. The van der Waals surface area contributed by atoms with Crippen LogP contribution in [0.3, 0.4) is 0 Å². The molecule has 3 rings (SSSR count). The van der Waals surface area contributed by atoms with E-state index < -0.39 is 29.8 Å². The number of aryl methyl sites for hydroxylation is 1. The second-order valence-electron chi connectivity index (χ2n) is 8.33. The van der Waals surface area contributed by atoms with Crippen molar-refractivity contribution >= 4 is 23.1 Å². The molecule has 1 aromatic carbocycles. The van der Waals surface area contributed by atoms with E-state index in [9.17, 15) is 9.59 Å². The third-order valence-electron chi connectivity index (χ3n) is 4.88. The van der Waals surface area contributed by atoms with Crippen LogP contribution in [0.5, 0.6) is 11.6 Å². The van der Waals surface area contributed by atoms with Crippen molar-refractivity contribution in [1.29, 1.82) is 0 Å². The van der Waals surface area contributed by atoms with E-state index in [1.165, 1.54) is 12.0 Å². The molecule has 1 amide bonds. The third kappa shape index (κ3) is 5.15. The first-order chi connectivity index (χ1) is 14.6. The number of ether oxygens (including phenoxy) is 4. The highest BCUT2D eigenvalue weighted by atomic mass is 16.6. The highest BCUT2D eigenvalue weighted by Gasteiger charge is 2.43. The predicted molar refractivity (Wildman–Crippen MR) is 113 cm³/mol. The Morgan fingerprint density at radius 3 is 2.52 bits per heavy atom. The first kappa shape index (κ1) is 22.6. The van der Waals surface area contributed by atoms with Gasteiger partial charge in [-0.25, -0.2) is 19.6 Å². The summed E-state index contributed by atoms with van der Waals surface area (Å²) in [4.78, 5) is 35.6. The number of benzene rings is 1. The van der Waals surface area contributed by atoms with Crippen LogP contribution in [0.25, 0.3) is 11.0 Å². The maximum absolute atomic E-state index is 12.7. The summed E-state index contributed by atoms with van der Waals surface area (Å²) in [6, 6.07) is 4.67. The van der Waals surface area contributed by atoms with Gasteiger partial charge in [0.1, 0.15) is 29.2 Å². The number of amides is 1. The first-order valence-electron chi connectivity index (χ1n) is 10.2. The van der Waals surface area contributed by atoms with Crippen LogP contribution < -0.4 is 9.47 Å². The number of likely N-dealkylation sites (tertiary alicyclic amines) is 1. The van der Waals surface area contributed by atoms with Gasteiger partial charge in [-0.05, 0) is 39.3 Å². The number of hydrogen-bond acceptors (Lipinski definition) is 8. The van der Waals surface area contributed by atoms with Gasteiger partial charge in [0.25, 0.3) is 0 Å². The van der Waals surface area contributed by atoms with Gasteiger partial charge in [-0.15, -0.1) is 0 Å². The Kier molecular flexibility index (Phi) is 6.52. The fourth-order valence-corrected chi connectivity index (χ4v) is 3.43. The van der Waals surface area contributed by atoms with Crippen molar-refractivity contribution in [2.45, 2.75) is 58.3 Å². The number of rotatable bonds is 5. The van der Waals surface area contributed by atoms with E-state index in [2.05, 4.69) is 9.97 Å². The van der Waals surface area contributed by atoms with E-state index in [0.717, 1.165) is 5.52 Å². The SMILES string of the molecule is CCc1nc2ccc(OC)cc2nc1O[C@@H]1C[C@@H](C(=O)OC)N(C(=O)OC(C)(C)C)C1. The summed E-state index contributed by atoms with van der Waals surface area (Å²) in [5.74, 6) is 0.532. The van der Waals surface area contributed by atoms with Gasteiger partial charge in [-0.2, -0.15) is 0 Å². The molecule has 1 saturated heterocycles. The minimum atomic E-state index is -0.788. The van der Waals surface area contributed by atoms with Gasteiger partial charge in [0.2, 0.25) is 5.88 Å². The molecule has 2 heterocycles. The molecule has 9 nitrogen and oxygen atoms in total. The summed E-state index contributed by atoms with van der Waals surface area (Å²) in [6.07, 6.45) is -0.154. The van der Waals surface area contributed by atoms with Crippen LogP contribution >= 0.6 is 0 Å². The highest BCUT2D eigenvalue weighted by molar-refractivity contribution is 5.82. The number of hydrogen-bond donors (Lipinski definition) is 0. The molecule has 168 valence electrons. The zero-order valence-corrected chi connectivity index (χ0v) is 18.8. The lowest BCUT2D eigenvalue weighted by Crippen LogP contribution is -2.44. The summed E-state index contributed by atoms with van der Waals surface area (Å²) >= 11 is 0. The molecule has 1 fully saturated rings. The van der Waals surface area contributed by atoms with Gasteiger partial charge >= 0.3 is 12.1 Å². The van der Waals surface area contributed by atoms with E-state index >= 15 is 0 Å². The fourth-order valence-electron chi connectivity index (χ4n) is 3.43. The Morgan fingerprint density at radius 2 is 1.90 bits per heavy atom. The zero-order chi connectivity index (χ0) is 22.8. The zero-order valence-electron chi connectivity index (χ0n) is 18.8. The molecule has 0 saturated carbocycles. The lowest BCUT2D eigenvalue weighted by atomic mass is 10.2. The van der Waals surface area contributed by atoms with Crippen molar-refractivity contribution < 1.29 is 28.5 Å². The van der Waals surface area contributed by atoms with Gasteiger partial charge in [0.15, 0.2) is 0 Å². The van der Waals surface area contributed by atoms with Crippen molar-refractivity contribution in [3.8, 4) is 11.6 Å². The predicted octanol–water partition coefficient (Wildman–Crippen LogP) is 3.13. The van der Waals surface area contributed by atoms with Gasteiger partial charge < -0.3 is 18.9 Å². The van der Waals surface area contributed by atoms with Gasteiger partial charge in [0, 0.05) is 12.5 Å². The molecule has 0 unspecified atom stereocenters. The standard InChI is InChI=1S/C22H29N3O6/c1-7-15-19(24-17-10-13(28-5)8-9-16(17)23-15)30-14-11-18(20(26)29-6)25(12-14)21(27)31-22(2,3)4/h8-10,14,18H,7,11-12H2,1-6H3/t14-,18+/m1/s1. The lowest BCUT2D eigenvalue weighted by molar-refractivity contribution is -0.145. The number of carbonyl (C=O) groups excluding carboxylic acids is 2. The Morgan fingerprint density at radius 1 is 1.16 bits per heavy atom. The molecular formula is C22H29N3O6. The smallest absolute Gasteiger partial charge is 0.411 e. The summed E-state index contributed by atoms with van der Waals surface area (Å²) in [7, 11) is 2.88. The molecular weight excluding hydrogens is 402 g/mol. The average Bonchev–Trinajstić information content (AvgIpc) is 3.15. The topological polar surface area (TPSA) is 100 Å². The monoisotopic (exact) mass is 431 g/mol. The number of esters is 1. The molecule has 31 heavy (non-hydrogen) atoms. The maximum atomic E-state index is 12.7.